The zero-order chi connectivity index (χ0) is 14.1. The third-order valence-corrected chi connectivity index (χ3v) is 4.13. The summed E-state index contributed by atoms with van der Waals surface area (Å²) >= 11 is 0. The molecule has 7 nitrogen and oxygen atoms in total. The zero-order valence-corrected chi connectivity index (χ0v) is 11.7. The molecular weight excluding hydrogens is 258 g/mol. The van der Waals surface area contributed by atoms with Gasteiger partial charge < -0.3 is 21.1 Å². The van der Waals surface area contributed by atoms with Crippen LogP contribution in [0.15, 0.2) is 0 Å². The average Bonchev–Trinajstić information content (AvgIpc) is 3.01. The maximum absolute atomic E-state index is 12.0. The van der Waals surface area contributed by atoms with Crippen molar-refractivity contribution in [3.63, 3.8) is 0 Å². The standard InChI is InChI=1S/C13H21N5O2/c1-20-13(19)10-11(14)18(9-4-2-3-5-9)17-12(10)16-8-6-15-7-8/h8-9,15H,2-7,14H2,1H3,(H,16,17). The highest BCUT2D eigenvalue weighted by molar-refractivity contribution is 5.99. The maximum Gasteiger partial charge on any atom is 0.345 e. The molecule has 20 heavy (non-hydrogen) atoms. The van der Waals surface area contributed by atoms with Gasteiger partial charge in [0.2, 0.25) is 0 Å². The van der Waals surface area contributed by atoms with Crippen LogP contribution >= 0.6 is 0 Å². The molecule has 2 fully saturated rings. The molecule has 0 radical (unpaired) electrons. The number of methoxy groups -OCH3 is 1. The van der Waals surface area contributed by atoms with Gasteiger partial charge in [0, 0.05) is 13.1 Å². The summed E-state index contributed by atoms with van der Waals surface area (Å²) in [6.07, 6.45) is 4.51. The summed E-state index contributed by atoms with van der Waals surface area (Å²) in [5, 5.41) is 11.0. The molecule has 1 aliphatic carbocycles. The molecule has 0 amide bonds. The van der Waals surface area contributed by atoms with Crippen LogP contribution in [-0.2, 0) is 4.74 Å². The fourth-order valence-corrected chi connectivity index (χ4v) is 2.86. The van der Waals surface area contributed by atoms with Gasteiger partial charge in [-0.3, -0.25) is 0 Å². The first-order chi connectivity index (χ1) is 9.70. The second kappa shape index (κ2) is 5.32. The third kappa shape index (κ3) is 2.22. The van der Waals surface area contributed by atoms with Crippen molar-refractivity contribution in [3.8, 4) is 0 Å². The quantitative estimate of drug-likeness (QED) is 0.704. The number of anilines is 2. The van der Waals surface area contributed by atoms with Gasteiger partial charge in [-0.1, -0.05) is 12.8 Å². The lowest BCUT2D eigenvalue weighted by Gasteiger charge is -2.28. The number of hydrogen-bond acceptors (Lipinski definition) is 6. The predicted octanol–water partition coefficient (Wildman–Crippen LogP) is 0.751. The molecule has 110 valence electrons. The summed E-state index contributed by atoms with van der Waals surface area (Å²) < 4.78 is 6.64. The Morgan fingerprint density at radius 1 is 1.45 bits per heavy atom. The fraction of sp³-hybridized carbons (Fsp3) is 0.692. The number of nitrogens with two attached hydrogens (primary N) is 1. The fourth-order valence-electron chi connectivity index (χ4n) is 2.86. The van der Waals surface area contributed by atoms with Gasteiger partial charge in [0.15, 0.2) is 5.82 Å². The number of nitrogens with one attached hydrogen (secondary N) is 2. The van der Waals surface area contributed by atoms with Crippen molar-refractivity contribution < 1.29 is 9.53 Å². The molecular formula is C13H21N5O2. The number of nitrogens with zero attached hydrogens (tertiary/aromatic N) is 2. The van der Waals surface area contributed by atoms with Gasteiger partial charge in [0.1, 0.15) is 11.4 Å². The van der Waals surface area contributed by atoms with E-state index in [0.717, 1.165) is 25.9 Å². The molecule has 1 saturated heterocycles. The molecule has 2 aliphatic rings. The van der Waals surface area contributed by atoms with Gasteiger partial charge in [-0.05, 0) is 12.8 Å². The molecule has 2 heterocycles. The zero-order valence-electron chi connectivity index (χ0n) is 11.7. The number of carbonyl (C=O) groups excluding carboxylic acids is 1. The molecule has 0 atom stereocenters. The minimum atomic E-state index is -0.429. The number of aromatic nitrogens is 2. The normalized spacial score (nSPS) is 19.9. The first-order valence-corrected chi connectivity index (χ1v) is 7.14. The van der Waals surface area contributed by atoms with Gasteiger partial charge >= 0.3 is 5.97 Å². The maximum atomic E-state index is 12.0. The molecule has 7 heteroatoms. The van der Waals surface area contributed by atoms with Crippen molar-refractivity contribution in [3.05, 3.63) is 5.56 Å². The van der Waals surface area contributed by atoms with Gasteiger partial charge in [0.25, 0.3) is 0 Å². The van der Waals surface area contributed by atoms with Crippen molar-refractivity contribution >= 4 is 17.6 Å². The molecule has 0 spiro atoms. The molecule has 1 saturated carbocycles. The van der Waals surface area contributed by atoms with E-state index in [1.807, 2.05) is 0 Å². The second-order valence-electron chi connectivity index (χ2n) is 5.48. The SMILES string of the molecule is COC(=O)c1c(NC2CNC2)nn(C2CCCC2)c1N. The second-order valence-corrected chi connectivity index (χ2v) is 5.48. The highest BCUT2D eigenvalue weighted by Gasteiger charge is 2.29. The van der Waals surface area contributed by atoms with E-state index in [0.29, 0.717) is 29.3 Å². The van der Waals surface area contributed by atoms with Crippen LogP contribution in [0, 0.1) is 0 Å². The number of hydrogen-bond donors (Lipinski definition) is 3. The van der Waals surface area contributed by atoms with Crippen LogP contribution in [0.1, 0.15) is 42.1 Å². The molecule has 3 rings (SSSR count). The van der Waals surface area contributed by atoms with Crippen LogP contribution in [0.4, 0.5) is 11.6 Å². The summed E-state index contributed by atoms with van der Waals surface area (Å²) in [5.41, 5.74) is 6.51. The van der Waals surface area contributed by atoms with Crippen molar-refractivity contribution in [1.82, 2.24) is 15.1 Å². The lowest BCUT2D eigenvalue weighted by Crippen LogP contribution is -2.51. The van der Waals surface area contributed by atoms with Crippen LogP contribution in [0.2, 0.25) is 0 Å². The minimum absolute atomic E-state index is 0.296. The van der Waals surface area contributed by atoms with Crippen LogP contribution in [0.5, 0.6) is 0 Å². The Hall–Kier alpha value is -1.76. The number of ether oxygens (including phenoxy) is 1. The Morgan fingerprint density at radius 2 is 2.15 bits per heavy atom. The van der Waals surface area contributed by atoms with Gasteiger partial charge in [-0.15, -0.1) is 0 Å². The van der Waals surface area contributed by atoms with E-state index >= 15 is 0 Å². The van der Waals surface area contributed by atoms with E-state index in [2.05, 4.69) is 15.7 Å². The Bertz CT molecular complexity index is 503. The Kier molecular flexibility index (Phi) is 3.52. The van der Waals surface area contributed by atoms with Crippen LogP contribution in [0.25, 0.3) is 0 Å². The lowest BCUT2D eigenvalue weighted by atomic mass is 10.1. The van der Waals surface area contributed by atoms with Crippen LogP contribution in [0.3, 0.4) is 0 Å². The number of rotatable bonds is 4. The van der Waals surface area contributed by atoms with Crippen LogP contribution in [-0.4, -0.2) is 42.0 Å². The average molecular weight is 279 g/mol. The Morgan fingerprint density at radius 3 is 2.70 bits per heavy atom. The third-order valence-electron chi connectivity index (χ3n) is 4.13. The number of esters is 1. The molecule has 1 aromatic heterocycles. The van der Waals surface area contributed by atoms with Crippen molar-refractivity contribution in [1.29, 1.82) is 0 Å². The van der Waals surface area contributed by atoms with Crippen molar-refractivity contribution in [2.24, 2.45) is 0 Å². The number of carbonyl (C=O) groups is 1. The van der Waals surface area contributed by atoms with Crippen LogP contribution < -0.4 is 16.4 Å². The summed E-state index contributed by atoms with van der Waals surface area (Å²) in [7, 11) is 1.36. The predicted molar refractivity (Wildman–Crippen MR) is 75.8 cm³/mol. The first-order valence-electron chi connectivity index (χ1n) is 7.14. The Balaban J connectivity index is 1.92. The molecule has 4 N–H and O–H groups in total. The summed E-state index contributed by atoms with van der Waals surface area (Å²) in [6.45, 7) is 1.74. The van der Waals surface area contributed by atoms with E-state index < -0.39 is 5.97 Å². The summed E-state index contributed by atoms with van der Waals surface area (Å²) in [5.74, 6) is 0.535. The monoisotopic (exact) mass is 279 g/mol. The Labute approximate surface area is 117 Å². The summed E-state index contributed by atoms with van der Waals surface area (Å²) in [4.78, 5) is 12.0. The molecule has 0 aromatic carbocycles. The van der Waals surface area contributed by atoms with E-state index in [4.69, 9.17) is 10.5 Å². The van der Waals surface area contributed by atoms with E-state index in [-0.39, 0.29) is 0 Å². The highest BCUT2D eigenvalue weighted by Crippen LogP contribution is 2.34. The lowest BCUT2D eigenvalue weighted by molar-refractivity contribution is 0.0603. The number of nitrogen functional groups attached to an aromatic ring is 1. The smallest absolute Gasteiger partial charge is 0.345 e. The van der Waals surface area contributed by atoms with Crippen molar-refractivity contribution in [2.75, 3.05) is 31.2 Å². The molecule has 1 aliphatic heterocycles. The van der Waals surface area contributed by atoms with E-state index in [1.54, 1.807) is 4.68 Å². The minimum Gasteiger partial charge on any atom is -0.465 e. The molecule has 0 unspecified atom stereocenters. The van der Waals surface area contributed by atoms with Crippen molar-refractivity contribution in [2.45, 2.75) is 37.8 Å². The van der Waals surface area contributed by atoms with Gasteiger partial charge in [-0.25, -0.2) is 9.48 Å². The largest absolute Gasteiger partial charge is 0.465 e. The highest BCUT2D eigenvalue weighted by atomic mass is 16.5. The summed E-state index contributed by atoms with van der Waals surface area (Å²) in [6, 6.07) is 0.596. The van der Waals surface area contributed by atoms with E-state index in [1.165, 1.54) is 20.0 Å². The molecule has 0 bridgehead atoms. The topological polar surface area (TPSA) is 94.2 Å². The van der Waals surface area contributed by atoms with Gasteiger partial charge in [0.05, 0.1) is 19.2 Å². The van der Waals surface area contributed by atoms with Gasteiger partial charge in [-0.2, -0.15) is 5.10 Å². The molecule has 1 aromatic rings. The first kappa shape index (κ1) is 13.2. The van der Waals surface area contributed by atoms with E-state index in [9.17, 15) is 4.79 Å².